The van der Waals surface area contributed by atoms with Crippen molar-refractivity contribution >= 4 is 23.2 Å². The van der Waals surface area contributed by atoms with E-state index in [0.29, 0.717) is 29.7 Å². The normalized spacial score (nSPS) is 17.4. The highest BCUT2D eigenvalue weighted by Gasteiger charge is 2.35. The van der Waals surface area contributed by atoms with E-state index in [4.69, 9.17) is 16.1 Å². The molecule has 28 heavy (non-hydrogen) atoms. The number of hydrogen-bond donors (Lipinski definition) is 0. The van der Waals surface area contributed by atoms with Crippen LogP contribution in [0, 0.1) is 0 Å². The number of anilines is 1. The third-order valence-corrected chi connectivity index (χ3v) is 5.39. The zero-order valence-corrected chi connectivity index (χ0v) is 16.9. The molecule has 0 saturated carbocycles. The summed E-state index contributed by atoms with van der Waals surface area (Å²) >= 11 is 6.25. The molecular formula is C22H22ClN3O2. The van der Waals surface area contributed by atoms with Crippen LogP contribution in [0.2, 0.25) is 5.02 Å². The quantitative estimate of drug-likeness (QED) is 0.610. The third kappa shape index (κ3) is 3.54. The van der Waals surface area contributed by atoms with Gasteiger partial charge in [0.25, 0.3) is 5.89 Å². The van der Waals surface area contributed by atoms with Crippen molar-refractivity contribution in [3.8, 4) is 11.5 Å². The van der Waals surface area contributed by atoms with Gasteiger partial charge in [-0.25, -0.2) is 0 Å². The van der Waals surface area contributed by atoms with Crippen LogP contribution in [-0.2, 0) is 10.2 Å². The van der Waals surface area contributed by atoms with Gasteiger partial charge in [0.15, 0.2) is 5.82 Å². The molecule has 1 amide bonds. The van der Waals surface area contributed by atoms with E-state index >= 15 is 0 Å². The first-order chi connectivity index (χ1) is 13.3. The number of benzene rings is 2. The summed E-state index contributed by atoms with van der Waals surface area (Å²) in [6.07, 6.45) is 0.340. The lowest BCUT2D eigenvalue weighted by molar-refractivity contribution is -0.117. The van der Waals surface area contributed by atoms with E-state index in [2.05, 4.69) is 43.0 Å². The number of carbonyl (C=O) groups is 1. The Labute approximate surface area is 169 Å². The Morgan fingerprint density at radius 1 is 1.11 bits per heavy atom. The topological polar surface area (TPSA) is 59.2 Å². The molecule has 4 rings (SSSR count). The molecule has 1 saturated heterocycles. The van der Waals surface area contributed by atoms with E-state index in [-0.39, 0.29) is 17.2 Å². The SMILES string of the molecule is CC(C)(C)c1ccc(-c2nc(C3CC(=O)N(c4ccccc4Cl)C3)no2)cc1. The molecule has 1 aliphatic rings. The van der Waals surface area contributed by atoms with Gasteiger partial charge in [0.1, 0.15) is 0 Å². The van der Waals surface area contributed by atoms with Gasteiger partial charge in [-0.15, -0.1) is 0 Å². The molecule has 0 radical (unpaired) electrons. The Morgan fingerprint density at radius 3 is 2.50 bits per heavy atom. The summed E-state index contributed by atoms with van der Waals surface area (Å²) in [6.45, 7) is 7.02. The predicted octanol–water partition coefficient (Wildman–Crippen LogP) is 5.21. The van der Waals surface area contributed by atoms with Crippen LogP contribution in [0.3, 0.4) is 0 Å². The van der Waals surface area contributed by atoms with Crippen molar-refractivity contribution in [2.24, 2.45) is 0 Å². The van der Waals surface area contributed by atoms with Gasteiger partial charge in [0.2, 0.25) is 5.91 Å². The highest BCUT2D eigenvalue weighted by atomic mass is 35.5. The number of aromatic nitrogens is 2. The first kappa shape index (κ1) is 18.7. The standard InChI is InChI=1S/C22H22ClN3O2/c1-22(2,3)16-10-8-14(9-11-16)21-24-20(25-28-21)15-12-19(27)26(13-15)18-7-5-4-6-17(18)23/h4-11,15H,12-13H2,1-3H3. The zero-order valence-electron chi connectivity index (χ0n) is 16.1. The number of para-hydroxylation sites is 1. The smallest absolute Gasteiger partial charge is 0.257 e. The second kappa shape index (κ2) is 7.06. The van der Waals surface area contributed by atoms with E-state index in [9.17, 15) is 4.79 Å². The first-order valence-electron chi connectivity index (χ1n) is 9.32. The molecule has 2 aromatic carbocycles. The van der Waals surface area contributed by atoms with Crippen LogP contribution in [0.25, 0.3) is 11.5 Å². The Balaban J connectivity index is 1.54. The van der Waals surface area contributed by atoms with Crippen molar-refractivity contribution in [1.29, 1.82) is 0 Å². The highest BCUT2D eigenvalue weighted by molar-refractivity contribution is 6.33. The van der Waals surface area contributed by atoms with Crippen molar-refractivity contribution in [2.75, 3.05) is 11.4 Å². The van der Waals surface area contributed by atoms with E-state index in [1.807, 2.05) is 30.3 Å². The van der Waals surface area contributed by atoms with Crippen molar-refractivity contribution in [1.82, 2.24) is 10.1 Å². The molecule has 1 fully saturated rings. The highest BCUT2D eigenvalue weighted by Crippen LogP contribution is 2.35. The molecule has 1 aromatic heterocycles. The lowest BCUT2D eigenvalue weighted by Crippen LogP contribution is -2.24. The maximum atomic E-state index is 12.5. The molecule has 5 nitrogen and oxygen atoms in total. The summed E-state index contributed by atoms with van der Waals surface area (Å²) in [4.78, 5) is 18.7. The second-order valence-electron chi connectivity index (χ2n) is 8.14. The van der Waals surface area contributed by atoms with Crippen LogP contribution in [0.1, 0.15) is 44.5 Å². The maximum absolute atomic E-state index is 12.5. The summed E-state index contributed by atoms with van der Waals surface area (Å²) in [5, 5.41) is 4.69. The van der Waals surface area contributed by atoms with Gasteiger partial charge in [-0.3, -0.25) is 4.79 Å². The van der Waals surface area contributed by atoms with Crippen molar-refractivity contribution < 1.29 is 9.32 Å². The molecule has 0 spiro atoms. The summed E-state index contributed by atoms with van der Waals surface area (Å²) < 4.78 is 5.47. The van der Waals surface area contributed by atoms with Crippen LogP contribution >= 0.6 is 11.6 Å². The number of carbonyl (C=O) groups excluding carboxylic acids is 1. The predicted molar refractivity (Wildman–Crippen MR) is 110 cm³/mol. The average molecular weight is 396 g/mol. The van der Waals surface area contributed by atoms with Gasteiger partial charge in [-0.05, 0) is 35.2 Å². The number of amides is 1. The molecule has 1 aliphatic heterocycles. The third-order valence-electron chi connectivity index (χ3n) is 5.07. The number of nitrogens with zero attached hydrogens (tertiary/aromatic N) is 3. The Kier molecular flexibility index (Phi) is 4.71. The number of halogens is 1. The zero-order chi connectivity index (χ0) is 19.9. The van der Waals surface area contributed by atoms with E-state index in [0.717, 1.165) is 11.3 Å². The molecule has 0 aliphatic carbocycles. The molecule has 144 valence electrons. The molecule has 3 aromatic rings. The van der Waals surface area contributed by atoms with Crippen LogP contribution in [0.5, 0.6) is 0 Å². The summed E-state index contributed by atoms with van der Waals surface area (Å²) in [7, 11) is 0. The minimum Gasteiger partial charge on any atom is -0.334 e. The minimum atomic E-state index is -0.116. The molecular weight excluding hydrogens is 374 g/mol. The van der Waals surface area contributed by atoms with Crippen LogP contribution < -0.4 is 4.90 Å². The van der Waals surface area contributed by atoms with Crippen molar-refractivity contribution in [3.63, 3.8) is 0 Å². The number of rotatable bonds is 3. The number of hydrogen-bond acceptors (Lipinski definition) is 4. The lowest BCUT2D eigenvalue weighted by atomic mass is 9.87. The first-order valence-corrected chi connectivity index (χ1v) is 9.70. The fourth-order valence-corrected chi connectivity index (χ4v) is 3.65. The van der Waals surface area contributed by atoms with E-state index < -0.39 is 0 Å². The minimum absolute atomic E-state index is 0.0129. The Bertz CT molecular complexity index is 1010. The molecule has 0 bridgehead atoms. The van der Waals surface area contributed by atoms with Gasteiger partial charge >= 0.3 is 0 Å². The van der Waals surface area contributed by atoms with E-state index in [1.165, 1.54) is 5.56 Å². The molecule has 0 N–H and O–H groups in total. The average Bonchev–Trinajstić information content (AvgIpc) is 3.29. The summed E-state index contributed by atoms with van der Waals surface area (Å²) in [5.41, 5.74) is 2.93. The monoisotopic (exact) mass is 395 g/mol. The van der Waals surface area contributed by atoms with E-state index in [1.54, 1.807) is 11.0 Å². The van der Waals surface area contributed by atoms with Crippen molar-refractivity contribution in [3.05, 3.63) is 64.9 Å². The largest absolute Gasteiger partial charge is 0.334 e. The summed E-state index contributed by atoms with van der Waals surface area (Å²) in [5.74, 6) is 0.922. The molecule has 1 unspecified atom stereocenters. The fourth-order valence-electron chi connectivity index (χ4n) is 3.41. The summed E-state index contributed by atoms with van der Waals surface area (Å²) in [6, 6.07) is 15.5. The van der Waals surface area contributed by atoms with Gasteiger partial charge in [0, 0.05) is 24.4 Å². The Hall–Kier alpha value is -2.66. The molecule has 2 heterocycles. The molecule has 6 heteroatoms. The van der Waals surface area contributed by atoms with Gasteiger partial charge in [0.05, 0.1) is 10.7 Å². The van der Waals surface area contributed by atoms with Gasteiger partial charge < -0.3 is 9.42 Å². The van der Waals surface area contributed by atoms with Gasteiger partial charge in [-0.1, -0.05) is 61.8 Å². The van der Waals surface area contributed by atoms with Crippen LogP contribution in [-0.4, -0.2) is 22.6 Å². The second-order valence-corrected chi connectivity index (χ2v) is 8.55. The molecule has 1 atom stereocenters. The van der Waals surface area contributed by atoms with Crippen molar-refractivity contribution in [2.45, 2.75) is 38.5 Å². The Morgan fingerprint density at radius 2 is 1.82 bits per heavy atom. The fraction of sp³-hybridized carbons (Fsp3) is 0.318. The van der Waals surface area contributed by atoms with Crippen LogP contribution in [0.15, 0.2) is 53.1 Å². The lowest BCUT2D eigenvalue weighted by Gasteiger charge is -2.18. The van der Waals surface area contributed by atoms with Crippen LogP contribution in [0.4, 0.5) is 5.69 Å². The van der Waals surface area contributed by atoms with Gasteiger partial charge in [-0.2, -0.15) is 4.98 Å². The maximum Gasteiger partial charge on any atom is 0.257 e.